The standard InChI is InChI=1S/C18H18N4O3/c1-25-16-10-6-5-7-13(16)11-19-18(24)17-15(12-23)20-22(21-17)14-8-3-2-4-9-14/h2-10,23H,11-12H2,1H3,(H,19,24). The molecule has 2 N–H and O–H groups in total. The Balaban J connectivity index is 1.79. The number of hydrogen-bond donors (Lipinski definition) is 2. The normalized spacial score (nSPS) is 10.5. The van der Waals surface area contributed by atoms with Crippen molar-refractivity contribution in [2.75, 3.05) is 7.11 Å². The molecule has 0 saturated carbocycles. The fourth-order valence-corrected chi connectivity index (χ4v) is 2.40. The highest BCUT2D eigenvalue weighted by Crippen LogP contribution is 2.17. The topological polar surface area (TPSA) is 89.3 Å². The van der Waals surface area contributed by atoms with Crippen LogP contribution in [-0.4, -0.2) is 33.1 Å². The monoisotopic (exact) mass is 338 g/mol. The lowest BCUT2D eigenvalue weighted by Gasteiger charge is -2.08. The van der Waals surface area contributed by atoms with Gasteiger partial charge in [0.05, 0.1) is 19.4 Å². The van der Waals surface area contributed by atoms with E-state index in [1.165, 1.54) is 4.80 Å². The summed E-state index contributed by atoms with van der Waals surface area (Å²) in [5.74, 6) is 0.287. The Morgan fingerprint density at radius 3 is 2.56 bits per heavy atom. The van der Waals surface area contributed by atoms with Gasteiger partial charge in [-0.2, -0.15) is 4.80 Å². The SMILES string of the molecule is COc1ccccc1CNC(=O)c1nn(-c2ccccc2)nc1CO. The maximum Gasteiger partial charge on any atom is 0.274 e. The first-order valence-electron chi connectivity index (χ1n) is 7.75. The molecule has 0 aliphatic heterocycles. The summed E-state index contributed by atoms with van der Waals surface area (Å²) in [5, 5.41) is 20.6. The number of methoxy groups -OCH3 is 1. The van der Waals surface area contributed by atoms with Gasteiger partial charge < -0.3 is 15.2 Å². The largest absolute Gasteiger partial charge is 0.496 e. The zero-order valence-electron chi connectivity index (χ0n) is 13.7. The summed E-state index contributed by atoms with van der Waals surface area (Å²) in [4.78, 5) is 13.8. The van der Waals surface area contributed by atoms with Gasteiger partial charge in [0.15, 0.2) is 5.69 Å². The second-order valence-electron chi connectivity index (χ2n) is 5.27. The Hall–Kier alpha value is -3.19. The van der Waals surface area contributed by atoms with E-state index in [-0.39, 0.29) is 24.5 Å². The average molecular weight is 338 g/mol. The van der Waals surface area contributed by atoms with Gasteiger partial charge in [-0.3, -0.25) is 4.79 Å². The number of ether oxygens (including phenoxy) is 1. The van der Waals surface area contributed by atoms with E-state index in [1.807, 2.05) is 54.6 Å². The molecule has 0 aliphatic rings. The highest BCUT2D eigenvalue weighted by molar-refractivity contribution is 5.93. The molecule has 7 heteroatoms. The van der Waals surface area contributed by atoms with Crippen LogP contribution >= 0.6 is 0 Å². The fraction of sp³-hybridized carbons (Fsp3) is 0.167. The van der Waals surface area contributed by atoms with Crippen molar-refractivity contribution in [1.82, 2.24) is 20.3 Å². The number of carbonyl (C=O) groups is 1. The molecule has 25 heavy (non-hydrogen) atoms. The van der Waals surface area contributed by atoms with Crippen molar-refractivity contribution in [3.8, 4) is 11.4 Å². The summed E-state index contributed by atoms with van der Waals surface area (Å²) in [6, 6.07) is 16.6. The van der Waals surface area contributed by atoms with Crippen LogP contribution in [0.5, 0.6) is 5.75 Å². The molecule has 128 valence electrons. The number of rotatable bonds is 6. The summed E-state index contributed by atoms with van der Waals surface area (Å²) in [6.07, 6.45) is 0. The van der Waals surface area contributed by atoms with Crippen molar-refractivity contribution in [2.24, 2.45) is 0 Å². The molecule has 0 spiro atoms. The smallest absolute Gasteiger partial charge is 0.274 e. The van der Waals surface area contributed by atoms with Gasteiger partial charge >= 0.3 is 0 Å². The average Bonchev–Trinajstić information content (AvgIpc) is 3.11. The summed E-state index contributed by atoms with van der Waals surface area (Å²) in [7, 11) is 1.58. The van der Waals surface area contributed by atoms with Crippen LogP contribution < -0.4 is 10.1 Å². The lowest BCUT2D eigenvalue weighted by Crippen LogP contribution is -2.24. The van der Waals surface area contributed by atoms with Crippen molar-refractivity contribution in [1.29, 1.82) is 0 Å². The number of benzene rings is 2. The zero-order chi connectivity index (χ0) is 17.6. The Bertz CT molecular complexity index is 862. The first-order valence-corrected chi connectivity index (χ1v) is 7.75. The van der Waals surface area contributed by atoms with Crippen molar-refractivity contribution in [3.63, 3.8) is 0 Å². The maximum atomic E-state index is 12.5. The minimum absolute atomic E-state index is 0.0984. The molecule has 0 unspecified atom stereocenters. The molecule has 3 rings (SSSR count). The Kier molecular flexibility index (Phi) is 5.06. The van der Waals surface area contributed by atoms with E-state index in [2.05, 4.69) is 15.5 Å². The first-order chi connectivity index (χ1) is 12.2. The molecule has 1 aromatic heterocycles. The highest BCUT2D eigenvalue weighted by Gasteiger charge is 2.19. The molecule has 0 aliphatic carbocycles. The van der Waals surface area contributed by atoms with Crippen LogP contribution in [0, 0.1) is 0 Å². The fourth-order valence-electron chi connectivity index (χ4n) is 2.40. The van der Waals surface area contributed by atoms with Gasteiger partial charge in [0.25, 0.3) is 5.91 Å². The number of amides is 1. The minimum atomic E-state index is -0.405. The number of para-hydroxylation sites is 2. The van der Waals surface area contributed by atoms with Crippen LogP contribution in [0.2, 0.25) is 0 Å². The van der Waals surface area contributed by atoms with Crippen LogP contribution in [-0.2, 0) is 13.2 Å². The zero-order valence-corrected chi connectivity index (χ0v) is 13.7. The van der Waals surface area contributed by atoms with Gasteiger partial charge in [-0.1, -0.05) is 36.4 Å². The molecule has 0 saturated heterocycles. The Labute approximate surface area is 144 Å². The van der Waals surface area contributed by atoms with Gasteiger partial charge in [0.2, 0.25) is 0 Å². The summed E-state index contributed by atoms with van der Waals surface area (Å²) in [5.41, 5.74) is 1.88. The molecule has 1 amide bonds. The second-order valence-corrected chi connectivity index (χ2v) is 5.27. The van der Waals surface area contributed by atoms with Crippen molar-refractivity contribution in [2.45, 2.75) is 13.2 Å². The molecule has 1 heterocycles. The van der Waals surface area contributed by atoms with E-state index < -0.39 is 5.91 Å². The minimum Gasteiger partial charge on any atom is -0.496 e. The van der Waals surface area contributed by atoms with Crippen LogP contribution in [0.15, 0.2) is 54.6 Å². The maximum absolute atomic E-state index is 12.5. The predicted octanol–water partition coefficient (Wildman–Crippen LogP) is 1.70. The van der Waals surface area contributed by atoms with Gasteiger partial charge in [0.1, 0.15) is 11.4 Å². The number of nitrogens with one attached hydrogen (secondary N) is 1. The molecule has 7 nitrogen and oxygen atoms in total. The summed E-state index contributed by atoms with van der Waals surface area (Å²) < 4.78 is 5.27. The third-order valence-corrected chi connectivity index (χ3v) is 3.67. The van der Waals surface area contributed by atoms with Crippen molar-refractivity contribution in [3.05, 3.63) is 71.5 Å². The predicted molar refractivity (Wildman–Crippen MR) is 91.4 cm³/mol. The van der Waals surface area contributed by atoms with Gasteiger partial charge in [-0.15, -0.1) is 10.2 Å². The van der Waals surface area contributed by atoms with Crippen LogP contribution in [0.25, 0.3) is 5.69 Å². The number of aliphatic hydroxyl groups is 1. The highest BCUT2D eigenvalue weighted by atomic mass is 16.5. The van der Waals surface area contributed by atoms with Crippen LogP contribution in [0.1, 0.15) is 21.7 Å². The van der Waals surface area contributed by atoms with E-state index in [1.54, 1.807) is 7.11 Å². The Morgan fingerprint density at radius 2 is 1.84 bits per heavy atom. The molecule has 0 bridgehead atoms. The summed E-state index contributed by atoms with van der Waals surface area (Å²) >= 11 is 0. The van der Waals surface area contributed by atoms with Crippen molar-refractivity contribution < 1.29 is 14.6 Å². The van der Waals surface area contributed by atoms with Gasteiger partial charge in [-0.25, -0.2) is 0 Å². The van der Waals surface area contributed by atoms with Crippen LogP contribution in [0.4, 0.5) is 0 Å². The van der Waals surface area contributed by atoms with E-state index in [0.717, 1.165) is 5.56 Å². The number of hydrogen-bond acceptors (Lipinski definition) is 5. The molecule has 0 atom stereocenters. The van der Waals surface area contributed by atoms with E-state index >= 15 is 0 Å². The summed E-state index contributed by atoms with van der Waals surface area (Å²) in [6.45, 7) is -0.0871. The lowest BCUT2D eigenvalue weighted by atomic mass is 10.2. The van der Waals surface area contributed by atoms with Gasteiger partial charge in [-0.05, 0) is 18.2 Å². The second kappa shape index (κ2) is 7.59. The molecule has 3 aromatic rings. The Morgan fingerprint density at radius 1 is 1.12 bits per heavy atom. The van der Waals surface area contributed by atoms with E-state index in [0.29, 0.717) is 11.4 Å². The molecular formula is C18H18N4O3. The third kappa shape index (κ3) is 3.67. The molecule has 0 radical (unpaired) electrons. The number of aromatic nitrogens is 3. The first kappa shape index (κ1) is 16.7. The quantitative estimate of drug-likeness (QED) is 0.714. The number of aliphatic hydroxyl groups excluding tert-OH is 1. The van der Waals surface area contributed by atoms with E-state index in [9.17, 15) is 9.90 Å². The lowest BCUT2D eigenvalue weighted by molar-refractivity contribution is 0.0942. The number of nitrogens with zero attached hydrogens (tertiary/aromatic N) is 3. The van der Waals surface area contributed by atoms with Gasteiger partial charge in [0, 0.05) is 12.1 Å². The number of carbonyl (C=O) groups excluding carboxylic acids is 1. The van der Waals surface area contributed by atoms with Crippen molar-refractivity contribution >= 4 is 5.91 Å². The molecular weight excluding hydrogens is 320 g/mol. The third-order valence-electron chi connectivity index (χ3n) is 3.67. The molecule has 0 fully saturated rings. The van der Waals surface area contributed by atoms with E-state index in [4.69, 9.17) is 4.74 Å². The molecule has 2 aromatic carbocycles. The van der Waals surface area contributed by atoms with Crippen LogP contribution in [0.3, 0.4) is 0 Å².